The zero-order valence-electron chi connectivity index (χ0n) is 22.7. The van der Waals surface area contributed by atoms with Crippen LogP contribution in [-0.4, -0.2) is 46.8 Å². The van der Waals surface area contributed by atoms with Crippen molar-refractivity contribution in [3.63, 3.8) is 0 Å². The molecule has 4 aromatic rings. The zero-order chi connectivity index (χ0) is 26.7. The summed E-state index contributed by atoms with van der Waals surface area (Å²) in [6.07, 6.45) is 4.61. The number of carbonyl (C=O) groups is 1. The minimum absolute atomic E-state index is 0.162. The molecule has 1 aliphatic heterocycles. The van der Waals surface area contributed by atoms with E-state index < -0.39 is 5.97 Å². The van der Waals surface area contributed by atoms with E-state index >= 15 is 0 Å². The molecule has 1 fully saturated rings. The van der Waals surface area contributed by atoms with Gasteiger partial charge in [0.15, 0.2) is 0 Å². The first kappa shape index (κ1) is 26.1. The molecule has 38 heavy (non-hydrogen) atoms. The Morgan fingerprint density at radius 3 is 2.34 bits per heavy atom. The minimum atomic E-state index is -0.956. The maximum atomic E-state index is 11.4. The highest BCUT2D eigenvalue weighted by Gasteiger charge is 2.24. The van der Waals surface area contributed by atoms with E-state index in [1.807, 2.05) is 6.07 Å². The van der Waals surface area contributed by atoms with Gasteiger partial charge in [-0.1, -0.05) is 75.4 Å². The summed E-state index contributed by atoms with van der Waals surface area (Å²) < 4.78 is 8.24. The number of piperidine rings is 1. The zero-order valence-corrected chi connectivity index (χ0v) is 22.7. The monoisotopic (exact) mass is 510 g/mol. The van der Waals surface area contributed by atoms with Gasteiger partial charge in [0.25, 0.3) is 0 Å². The summed E-state index contributed by atoms with van der Waals surface area (Å²) in [5.41, 5.74) is 5.82. The molecule has 0 saturated carbocycles. The van der Waals surface area contributed by atoms with Gasteiger partial charge in [0.2, 0.25) is 0 Å². The molecule has 3 aromatic carbocycles. The van der Waals surface area contributed by atoms with Crippen molar-refractivity contribution in [2.24, 2.45) is 0 Å². The van der Waals surface area contributed by atoms with E-state index in [4.69, 9.17) is 4.74 Å². The number of likely N-dealkylation sites (tertiary alicyclic amines) is 1. The van der Waals surface area contributed by atoms with Crippen LogP contribution in [0.25, 0.3) is 10.9 Å². The number of benzene rings is 3. The third-order valence-electron chi connectivity index (χ3n) is 7.80. The summed E-state index contributed by atoms with van der Waals surface area (Å²) in [6.45, 7) is 11.0. The lowest BCUT2D eigenvalue weighted by Gasteiger charge is -2.31. The fraction of sp³-hybridized carbons (Fsp3) is 0.364. The molecule has 5 nitrogen and oxygen atoms in total. The first-order chi connectivity index (χ1) is 18.3. The van der Waals surface area contributed by atoms with E-state index in [-0.39, 0.29) is 11.0 Å². The molecule has 0 spiro atoms. The molecular formula is C33H38N2O3. The number of nitrogens with zero attached hydrogens (tertiary/aromatic N) is 2. The highest BCUT2D eigenvalue weighted by molar-refractivity contribution is 5.90. The van der Waals surface area contributed by atoms with Crippen molar-refractivity contribution in [2.75, 3.05) is 26.2 Å². The van der Waals surface area contributed by atoms with Crippen molar-refractivity contribution >= 4 is 16.9 Å². The third-order valence-corrected chi connectivity index (χ3v) is 7.80. The Labute approximate surface area is 225 Å². The van der Waals surface area contributed by atoms with E-state index in [1.165, 1.54) is 27.6 Å². The van der Waals surface area contributed by atoms with Gasteiger partial charge in [-0.05, 0) is 72.2 Å². The van der Waals surface area contributed by atoms with Crippen LogP contribution in [0.4, 0.5) is 0 Å². The second kappa shape index (κ2) is 11.0. The number of carboxylic acid groups (broad SMARTS) is 1. The molecule has 5 rings (SSSR count). The van der Waals surface area contributed by atoms with E-state index in [9.17, 15) is 9.90 Å². The molecule has 0 aliphatic carbocycles. The van der Waals surface area contributed by atoms with E-state index in [2.05, 4.69) is 85.0 Å². The number of rotatable bonds is 8. The summed E-state index contributed by atoms with van der Waals surface area (Å²) in [5.74, 6) is 0.0209. The van der Waals surface area contributed by atoms with Crippen molar-refractivity contribution in [1.29, 1.82) is 0 Å². The van der Waals surface area contributed by atoms with Crippen LogP contribution in [-0.2, 0) is 12.0 Å². The Morgan fingerprint density at radius 2 is 1.63 bits per heavy atom. The molecule has 1 aromatic heterocycles. The van der Waals surface area contributed by atoms with Crippen LogP contribution in [0.5, 0.6) is 5.75 Å². The number of aromatic nitrogens is 1. The molecule has 1 N–H and O–H groups in total. The number of ether oxygens (including phenoxy) is 1. The smallest absolute Gasteiger partial charge is 0.339 e. The van der Waals surface area contributed by atoms with Crippen LogP contribution in [0.3, 0.4) is 0 Å². The number of aromatic carboxylic acids is 1. The quantitative estimate of drug-likeness (QED) is 0.279. The molecule has 198 valence electrons. The van der Waals surface area contributed by atoms with Gasteiger partial charge in [0.1, 0.15) is 17.9 Å². The fourth-order valence-electron chi connectivity index (χ4n) is 5.56. The number of fused-ring (bicyclic) bond motifs is 1. The van der Waals surface area contributed by atoms with Crippen LogP contribution in [0.15, 0.2) is 79.0 Å². The Morgan fingerprint density at radius 1 is 0.947 bits per heavy atom. The van der Waals surface area contributed by atoms with Crippen molar-refractivity contribution in [3.8, 4) is 5.75 Å². The highest BCUT2D eigenvalue weighted by atomic mass is 16.5. The number of carboxylic acids is 1. The molecule has 0 radical (unpaired) electrons. The molecular weight excluding hydrogens is 472 g/mol. The summed E-state index contributed by atoms with van der Waals surface area (Å²) in [4.78, 5) is 13.8. The maximum Gasteiger partial charge on any atom is 0.339 e. The summed E-state index contributed by atoms with van der Waals surface area (Å²) in [7, 11) is 0. The molecule has 2 heterocycles. The van der Waals surface area contributed by atoms with Gasteiger partial charge >= 0.3 is 5.97 Å². The topological polar surface area (TPSA) is 54.7 Å². The van der Waals surface area contributed by atoms with Crippen molar-refractivity contribution < 1.29 is 14.6 Å². The lowest BCUT2D eigenvalue weighted by Crippen LogP contribution is -2.35. The second-order valence-corrected chi connectivity index (χ2v) is 11.4. The Hall–Kier alpha value is -3.57. The van der Waals surface area contributed by atoms with Gasteiger partial charge in [-0.3, -0.25) is 4.90 Å². The molecule has 0 amide bonds. The summed E-state index contributed by atoms with van der Waals surface area (Å²) in [6, 6.07) is 24.7. The lowest BCUT2D eigenvalue weighted by molar-refractivity contribution is 0.0691. The number of hydrogen-bond donors (Lipinski definition) is 1. The first-order valence-corrected chi connectivity index (χ1v) is 13.6. The summed E-state index contributed by atoms with van der Waals surface area (Å²) in [5, 5.41) is 10.7. The van der Waals surface area contributed by atoms with E-state index in [1.54, 1.807) is 18.2 Å². The van der Waals surface area contributed by atoms with Gasteiger partial charge in [0, 0.05) is 30.2 Å². The Bertz CT molecular complexity index is 1390. The molecule has 1 aliphatic rings. The van der Waals surface area contributed by atoms with Crippen LogP contribution in [0.2, 0.25) is 0 Å². The van der Waals surface area contributed by atoms with Gasteiger partial charge in [0.05, 0.1) is 0 Å². The second-order valence-electron chi connectivity index (χ2n) is 11.4. The van der Waals surface area contributed by atoms with Crippen molar-refractivity contribution in [1.82, 2.24) is 9.47 Å². The van der Waals surface area contributed by atoms with Crippen LogP contribution >= 0.6 is 0 Å². The number of para-hydroxylation sites is 2. The lowest BCUT2D eigenvalue weighted by atomic mass is 9.87. The normalized spacial score (nSPS) is 15.1. The van der Waals surface area contributed by atoms with Gasteiger partial charge in [-0.2, -0.15) is 0 Å². The van der Waals surface area contributed by atoms with E-state index in [0.29, 0.717) is 18.3 Å². The minimum Gasteiger partial charge on any atom is -0.491 e. The fourth-order valence-corrected chi connectivity index (χ4v) is 5.56. The van der Waals surface area contributed by atoms with Crippen LogP contribution in [0, 0.1) is 0 Å². The molecule has 5 heteroatoms. The maximum absolute atomic E-state index is 11.4. The van der Waals surface area contributed by atoms with Crippen molar-refractivity contribution in [3.05, 3.63) is 101 Å². The van der Waals surface area contributed by atoms with Gasteiger partial charge in [-0.15, -0.1) is 0 Å². The average Bonchev–Trinajstić information content (AvgIpc) is 3.27. The molecule has 0 unspecified atom stereocenters. The number of hydrogen-bond acceptors (Lipinski definition) is 3. The Kier molecular flexibility index (Phi) is 7.57. The standard InChI is InChI=1S/C33H38N2O3/c1-33(2,3)26-14-12-24(13-15-26)22-35-23-29(27-8-4-6-10-30(27)35)25-16-18-34(19-17-25)20-21-38-31-11-7-5-9-28(31)32(36)37/h4-15,23,25H,16-22H2,1-3H3,(H,36,37). The summed E-state index contributed by atoms with van der Waals surface area (Å²) >= 11 is 0. The third kappa shape index (κ3) is 5.78. The van der Waals surface area contributed by atoms with Crippen molar-refractivity contribution in [2.45, 2.75) is 51.5 Å². The van der Waals surface area contributed by atoms with Gasteiger partial charge < -0.3 is 14.4 Å². The predicted molar refractivity (Wildman–Crippen MR) is 153 cm³/mol. The van der Waals surface area contributed by atoms with Gasteiger partial charge in [-0.25, -0.2) is 4.79 Å². The van der Waals surface area contributed by atoms with Crippen LogP contribution < -0.4 is 4.74 Å². The van der Waals surface area contributed by atoms with E-state index in [0.717, 1.165) is 39.0 Å². The van der Waals surface area contributed by atoms with Crippen LogP contribution in [0.1, 0.15) is 66.6 Å². The molecule has 0 bridgehead atoms. The molecule has 0 atom stereocenters. The average molecular weight is 511 g/mol. The SMILES string of the molecule is CC(C)(C)c1ccc(Cn2cc(C3CCN(CCOc4ccccc4C(=O)O)CC3)c3ccccc32)cc1. The molecule has 1 saturated heterocycles. The first-order valence-electron chi connectivity index (χ1n) is 13.6. The highest BCUT2D eigenvalue weighted by Crippen LogP contribution is 2.35. The largest absolute Gasteiger partial charge is 0.491 e. The Balaban J connectivity index is 1.22. The predicted octanol–water partition coefficient (Wildman–Crippen LogP) is 6.94.